The SMILES string of the molecule is O=C(O)CC(c1cc(F)cc(F)c1)C(F)(F)F. The van der Waals surface area contributed by atoms with Crippen LogP contribution in [0.2, 0.25) is 0 Å². The standard InChI is InChI=1S/C10H7F5O2/c11-6-1-5(2-7(12)3-6)8(4-9(16)17)10(13,14)15/h1-3,8H,4H2,(H,16,17). The molecule has 0 radical (unpaired) electrons. The molecule has 0 aliphatic carbocycles. The number of hydrogen-bond donors (Lipinski definition) is 1. The highest BCUT2D eigenvalue weighted by atomic mass is 19.4. The quantitative estimate of drug-likeness (QED) is 0.841. The lowest BCUT2D eigenvalue weighted by Crippen LogP contribution is -2.23. The highest BCUT2D eigenvalue weighted by molar-refractivity contribution is 5.68. The minimum Gasteiger partial charge on any atom is -0.481 e. The van der Waals surface area contributed by atoms with E-state index >= 15 is 0 Å². The molecule has 1 unspecified atom stereocenters. The molecule has 17 heavy (non-hydrogen) atoms. The molecule has 0 spiro atoms. The molecule has 0 heterocycles. The zero-order chi connectivity index (χ0) is 13.2. The molecule has 0 aliphatic rings. The molecule has 0 amide bonds. The van der Waals surface area contributed by atoms with E-state index in [2.05, 4.69) is 0 Å². The van der Waals surface area contributed by atoms with Crippen LogP contribution in [0.3, 0.4) is 0 Å². The van der Waals surface area contributed by atoms with Crippen molar-refractivity contribution in [3.05, 3.63) is 35.4 Å². The normalized spacial score (nSPS) is 13.5. The average Bonchev–Trinajstić information content (AvgIpc) is 2.10. The molecule has 7 heteroatoms. The fourth-order valence-corrected chi connectivity index (χ4v) is 1.37. The summed E-state index contributed by atoms with van der Waals surface area (Å²) >= 11 is 0. The zero-order valence-electron chi connectivity index (χ0n) is 8.26. The van der Waals surface area contributed by atoms with Crippen LogP contribution in [0.25, 0.3) is 0 Å². The Bertz CT molecular complexity index is 407. The molecule has 1 rings (SSSR count). The zero-order valence-corrected chi connectivity index (χ0v) is 8.26. The molecular weight excluding hydrogens is 247 g/mol. The first-order valence-electron chi connectivity index (χ1n) is 4.44. The Balaban J connectivity index is 3.17. The van der Waals surface area contributed by atoms with E-state index in [-0.39, 0.29) is 0 Å². The maximum Gasteiger partial charge on any atom is 0.396 e. The number of carboxylic acids is 1. The van der Waals surface area contributed by atoms with Gasteiger partial charge < -0.3 is 5.11 Å². The predicted octanol–water partition coefficient (Wildman–Crippen LogP) is 3.09. The third kappa shape index (κ3) is 3.69. The van der Waals surface area contributed by atoms with Gasteiger partial charge in [-0.1, -0.05) is 0 Å². The van der Waals surface area contributed by atoms with Crippen molar-refractivity contribution in [1.29, 1.82) is 0 Å². The van der Waals surface area contributed by atoms with Gasteiger partial charge in [-0.25, -0.2) is 8.78 Å². The highest BCUT2D eigenvalue weighted by Gasteiger charge is 2.42. The van der Waals surface area contributed by atoms with E-state index in [1.165, 1.54) is 0 Å². The number of rotatable bonds is 3. The first kappa shape index (κ1) is 13.4. The van der Waals surface area contributed by atoms with Gasteiger partial charge in [-0.15, -0.1) is 0 Å². The summed E-state index contributed by atoms with van der Waals surface area (Å²) in [7, 11) is 0. The summed E-state index contributed by atoms with van der Waals surface area (Å²) in [6, 6.07) is 1.37. The van der Waals surface area contributed by atoms with E-state index < -0.39 is 41.7 Å². The maximum atomic E-state index is 12.8. The second-order valence-electron chi connectivity index (χ2n) is 3.39. The molecule has 0 saturated carbocycles. The van der Waals surface area contributed by atoms with Crippen LogP contribution >= 0.6 is 0 Å². The van der Waals surface area contributed by atoms with Crippen LogP contribution in [-0.2, 0) is 4.79 Å². The highest BCUT2D eigenvalue weighted by Crippen LogP contribution is 2.37. The molecule has 0 aromatic heterocycles. The third-order valence-corrected chi connectivity index (χ3v) is 2.06. The summed E-state index contributed by atoms with van der Waals surface area (Å²) in [6.45, 7) is 0. The molecule has 2 nitrogen and oxygen atoms in total. The Kier molecular flexibility index (Phi) is 3.69. The summed E-state index contributed by atoms with van der Waals surface area (Å²) in [6.07, 6.45) is -6.15. The molecular formula is C10H7F5O2. The maximum absolute atomic E-state index is 12.8. The number of alkyl halides is 3. The number of aliphatic carboxylic acids is 1. The minimum atomic E-state index is -4.88. The molecule has 1 aromatic carbocycles. The van der Waals surface area contributed by atoms with Crippen molar-refractivity contribution < 1.29 is 31.9 Å². The Labute approximate surface area is 92.7 Å². The largest absolute Gasteiger partial charge is 0.481 e. The van der Waals surface area contributed by atoms with E-state index in [1.54, 1.807) is 0 Å². The van der Waals surface area contributed by atoms with Crippen LogP contribution in [0.1, 0.15) is 17.9 Å². The molecule has 1 atom stereocenters. The Morgan fingerprint density at radius 3 is 2.00 bits per heavy atom. The van der Waals surface area contributed by atoms with Crippen LogP contribution in [0.15, 0.2) is 18.2 Å². The van der Waals surface area contributed by atoms with E-state index in [0.717, 1.165) is 0 Å². The van der Waals surface area contributed by atoms with E-state index in [1.807, 2.05) is 0 Å². The number of halogens is 5. The van der Waals surface area contributed by atoms with Crippen LogP contribution in [0, 0.1) is 11.6 Å². The van der Waals surface area contributed by atoms with Gasteiger partial charge >= 0.3 is 12.1 Å². The lowest BCUT2D eigenvalue weighted by Gasteiger charge is -2.18. The summed E-state index contributed by atoms with van der Waals surface area (Å²) in [4.78, 5) is 10.3. The van der Waals surface area contributed by atoms with Crippen molar-refractivity contribution in [2.45, 2.75) is 18.5 Å². The van der Waals surface area contributed by atoms with E-state index in [4.69, 9.17) is 5.11 Å². The third-order valence-electron chi connectivity index (χ3n) is 2.06. The molecule has 1 N–H and O–H groups in total. The average molecular weight is 254 g/mol. The number of carbonyl (C=O) groups is 1. The van der Waals surface area contributed by atoms with Gasteiger partial charge in [0.2, 0.25) is 0 Å². The van der Waals surface area contributed by atoms with Crippen LogP contribution in [0.4, 0.5) is 22.0 Å². The summed E-state index contributed by atoms with van der Waals surface area (Å²) < 4.78 is 63.1. The lowest BCUT2D eigenvalue weighted by molar-refractivity contribution is -0.163. The lowest BCUT2D eigenvalue weighted by atomic mass is 9.95. The molecule has 0 bridgehead atoms. The smallest absolute Gasteiger partial charge is 0.396 e. The van der Waals surface area contributed by atoms with Crippen molar-refractivity contribution in [3.8, 4) is 0 Å². The van der Waals surface area contributed by atoms with E-state index in [0.29, 0.717) is 18.2 Å². The predicted molar refractivity (Wildman–Crippen MR) is 47.4 cm³/mol. The Morgan fingerprint density at radius 2 is 1.65 bits per heavy atom. The van der Waals surface area contributed by atoms with Gasteiger partial charge in [0, 0.05) is 6.07 Å². The van der Waals surface area contributed by atoms with Crippen molar-refractivity contribution in [3.63, 3.8) is 0 Å². The van der Waals surface area contributed by atoms with Crippen LogP contribution < -0.4 is 0 Å². The summed E-state index contributed by atoms with van der Waals surface area (Å²) in [5.74, 6) is -6.48. The van der Waals surface area contributed by atoms with E-state index in [9.17, 15) is 26.7 Å². The van der Waals surface area contributed by atoms with Crippen molar-refractivity contribution in [1.82, 2.24) is 0 Å². The van der Waals surface area contributed by atoms with Crippen LogP contribution in [-0.4, -0.2) is 17.3 Å². The van der Waals surface area contributed by atoms with Gasteiger partial charge in [0.1, 0.15) is 11.6 Å². The minimum absolute atomic E-state index is 0.414. The summed E-state index contributed by atoms with van der Waals surface area (Å²) in [5.41, 5.74) is -0.739. The monoisotopic (exact) mass is 254 g/mol. The fraction of sp³-hybridized carbons (Fsp3) is 0.300. The summed E-state index contributed by atoms with van der Waals surface area (Å²) in [5, 5.41) is 8.36. The molecule has 94 valence electrons. The van der Waals surface area contributed by atoms with Gasteiger partial charge in [0.25, 0.3) is 0 Å². The second-order valence-corrected chi connectivity index (χ2v) is 3.39. The van der Waals surface area contributed by atoms with Gasteiger partial charge in [0.15, 0.2) is 0 Å². The number of benzene rings is 1. The Hall–Kier alpha value is -1.66. The second kappa shape index (κ2) is 4.68. The van der Waals surface area contributed by atoms with Gasteiger partial charge in [-0.2, -0.15) is 13.2 Å². The fourth-order valence-electron chi connectivity index (χ4n) is 1.37. The van der Waals surface area contributed by atoms with Gasteiger partial charge in [-0.05, 0) is 17.7 Å². The first-order valence-corrected chi connectivity index (χ1v) is 4.44. The molecule has 0 aliphatic heterocycles. The molecule has 1 aromatic rings. The van der Waals surface area contributed by atoms with Crippen molar-refractivity contribution >= 4 is 5.97 Å². The van der Waals surface area contributed by atoms with Crippen molar-refractivity contribution in [2.75, 3.05) is 0 Å². The number of carboxylic acid groups (broad SMARTS) is 1. The van der Waals surface area contributed by atoms with Crippen molar-refractivity contribution in [2.24, 2.45) is 0 Å². The van der Waals surface area contributed by atoms with Gasteiger partial charge in [-0.3, -0.25) is 4.79 Å². The molecule has 0 fully saturated rings. The topological polar surface area (TPSA) is 37.3 Å². The molecule has 0 saturated heterocycles. The number of hydrogen-bond acceptors (Lipinski definition) is 1. The first-order chi connectivity index (χ1) is 7.70. The Morgan fingerprint density at radius 1 is 1.18 bits per heavy atom. The van der Waals surface area contributed by atoms with Gasteiger partial charge in [0.05, 0.1) is 12.3 Å². The van der Waals surface area contributed by atoms with Crippen LogP contribution in [0.5, 0.6) is 0 Å².